The van der Waals surface area contributed by atoms with Gasteiger partial charge in [0.05, 0.1) is 26.5 Å². The summed E-state index contributed by atoms with van der Waals surface area (Å²) in [5.41, 5.74) is 2.91. The first-order chi connectivity index (χ1) is 11.1. The number of methoxy groups -OCH3 is 2. The van der Waals surface area contributed by atoms with Gasteiger partial charge in [0.1, 0.15) is 11.4 Å². The summed E-state index contributed by atoms with van der Waals surface area (Å²) in [5, 5.41) is 9.25. The molecule has 118 valence electrons. The van der Waals surface area contributed by atoms with E-state index in [0.717, 1.165) is 16.9 Å². The summed E-state index contributed by atoms with van der Waals surface area (Å²) in [6.07, 6.45) is 0. The summed E-state index contributed by atoms with van der Waals surface area (Å²) in [6, 6.07) is 8.78. The van der Waals surface area contributed by atoms with Gasteiger partial charge in [0.15, 0.2) is 0 Å². The molecule has 23 heavy (non-hydrogen) atoms. The smallest absolute Gasteiger partial charge is 0.356 e. The van der Waals surface area contributed by atoms with Crippen molar-refractivity contribution in [2.75, 3.05) is 14.2 Å². The van der Waals surface area contributed by atoms with Crippen molar-refractivity contribution in [2.24, 2.45) is 0 Å². The van der Waals surface area contributed by atoms with Gasteiger partial charge in [0.2, 0.25) is 0 Å². The highest BCUT2D eigenvalue weighted by Gasteiger charge is 2.09. The molecule has 0 radical (unpaired) electrons. The molecule has 0 aliphatic heterocycles. The van der Waals surface area contributed by atoms with Crippen LogP contribution in [0.15, 0.2) is 30.3 Å². The molecule has 0 aliphatic carbocycles. The zero-order valence-electron chi connectivity index (χ0n) is 13.2. The maximum Gasteiger partial charge on any atom is 0.356 e. The van der Waals surface area contributed by atoms with Gasteiger partial charge in [0.25, 0.3) is 0 Å². The molecule has 0 aliphatic rings. The van der Waals surface area contributed by atoms with E-state index < -0.39 is 5.97 Å². The molecule has 0 bridgehead atoms. The van der Waals surface area contributed by atoms with Crippen molar-refractivity contribution >= 4 is 5.97 Å². The molecule has 0 saturated carbocycles. The quantitative estimate of drug-likeness (QED) is 0.694. The van der Waals surface area contributed by atoms with Crippen LogP contribution >= 0.6 is 0 Å². The lowest BCUT2D eigenvalue weighted by Crippen LogP contribution is -2.07. The largest absolute Gasteiger partial charge is 0.497 e. The third kappa shape index (κ3) is 4.09. The van der Waals surface area contributed by atoms with E-state index in [1.54, 1.807) is 13.2 Å². The summed E-state index contributed by atoms with van der Waals surface area (Å²) in [5.74, 6) is 6.24. The van der Waals surface area contributed by atoms with Crippen LogP contribution in [-0.2, 0) is 11.3 Å². The highest BCUT2D eigenvalue weighted by Crippen LogP contribution is 2.16. The zero-order valence-corrected chi connectivity index (χ0v) is 13.2. The fraction of sp³-hybridized carbons (Fsp3) is 0.222. The van der Waals surface area contributed by atoms with E-state index in [1.807, 2.05) is 25.1 Å². The zero-order chi connectivity index (χ0) is 16.8. The first-order valence-electron chi connectivity index (χ1n) is 6.94. The molecule has 5 nitrogen and oxygen atoms in total. The molecule has 1 N–H and O–H groups in total. The predicted octanol–water partition coefficient (Wildman–Crippen LogP) is 2.08. The SMILES string of the molecule is COC(=O)c1cc(C#Cc2ccc(OC)cc2C)cc(CO)n1. The van der Waals surface area contributed by atoms with E-state index in [4.69, 9.17) is 4.74 Å². The number of nitrogens with zero attached hydrogens (tertiary/aromatic N) is 1. The molecule has 1 aromatic heterocycles. The molecule has 5 heteroatoms. The van der Waals surface area contributed by atoms with E-state index >= 15 is 0 Å². The monoisotopic (exact) mass is 311 g/mol. The van der Waals surface area contributed by atoms with Gasteiger partial charge >= 0.3 is 5.97 Å². The number of aliphatic hydroxyl groups excluding tert-OH is 1. The number of benzene rings is 1. The topological polar surface area (TPSA) is 68.7 Å². The molecule has 2 rings (SSSR count). The predicted molar refractivity (Wildman–Crippen MR) is 85.2 cm³/mol. The van der Waals surface area contributed by atoms with Gasteiger partial charge in [0, 0.05) is 11.1 Å². The molecule has 0 saturated heterocycles. The lowest BCUT2D eigenvalue weighted by molar-refractivity contribution is 0.0593. The Morgan fingerprint density at radius 1 is 1.22 bits per heavy atom. The molecule has 0 atom stereocenters. The van der Waals surface area contributed by atoms with Crippen LogP contribution in [0.1, 0.15) is 32.9 Å². The van der Waals surface area contributed by atoms with Gasteiger partial charge in [-0.3, -0.25) is 0 Å². The molecule has 0 fully saturated rings. The maximum absolute atomic E-state index is 11.6. The van der Waals surface area contributed by atoms with E-state index in [2.05, 4.69) is 21.6 Å². The van der Waals surface area contributed by atoms with Gasteiger partial charge in [-0.15, -0.1) is 0 Å². The second-order valence-corrected chi connectivity index (χ2v) is 4.81. The normalized spacial score (nSPS) is 9.74. The van der Waals surface area contributed by atoms with Crippen LogP contribution in [0.2, 0.25) is 0 Å². The van der Waals surface area contributed by atoms with Crippen molar-refractivity contribution in [3.63, 3.8) is 0 Å². The van der Waals surface area contributed by atoms with Gasteiger partial charge in [-0.1, -0.05) is 11.8 Å². The average Bonchev–Trinajstić information content (AvgIpc) is 2.59. The van der Waals surface area contributed by atoms with Crippen LogP contribution in [0.5, 0.6) is 5.75 Å². The van der Waals surface area contributed by atoms with Gasteiger partial charge in [-0.2, -0.15) is 0 Å². The second-order valence-electron chi connectivity index (χ2n) is 4.81. The number of hydrogen-bond donors (Lipinski definition) is 1. The van der Waals surface area contributed by atoms with Gasteiger partial charge in [-0.05, 0) is 42.8 Å². The summed E-state index contributed by atoms with van der Waals surface area (Å²) >= 11 is 0. The number of carbonyl (C=O) groups excluding carboxylic acids is 1. The number of aliphatic hydroxyl groups is 1. The Balaban J connectivity index is 2.39. The van der Waals surface area contributed by atoms with Crippen LogP contribution in [0.4, 0.5) is 0 Å². The molecule has 2 aromatic rings. The fourth-order valence-corrected chi connectivity index (χ4v) is 1.99. The van der Waals surface area contributed by atoms with Crippen molar-refractivity contribution < 1.29 is 19.4 Å². The maximum atomic E-state index is 11.6. The number of aryl methyl sites for hydroxylation is 1. The van der Waals surface area contributed by atoms with Crippen molar-refractivity contribution in [3.05, 3.63) is 58.4 Å². The van der Waals surface area contributed by atoms with E-state index in [1.165, 1.54) is 13.2 Å². The van der Waals surface area contributed by atoms with E-state index in [-0.39, 0.29) is 12.3 Å². The third-order valence-electron chi connectivity index (χ3n) is 3.21. The minimum absolute atomic E-state index is 0.120. The lowest BCUT2D eigenvalue weighted by atomic mass is 10.1. The van der Waals surface area contributed by atoms with Crippen molar-refractivity contribution in [1.29, 1.82) is 0 Å². The van der Waals surface area contributed by atoms with Crippen LogP contribution in [0.25, 0.3) is 0 Å². The highest BCUT2D eigenvalue weighted by molar-refractivity contribution is 5.87. The molecular formula is C18H17NO4. The fourth-order valence-electron chi connectivity index (χ4n) is 1.99. The Kier molecular flexibility index (Phi) is 5.34. The van der Waals surface area contributed by atoms with Crippen LogP contribution < -0.4 is 4.74 Å². The molecule has 0 unspecified atom stereocenters. The molecule has 0 spiro atoms. The van der Waals surface area contributed by atoms with Crippen molar-refractivity contribution in [1.82, 2.24) is 4.98 Å². The van der Waals surface area contributed by atoms with Crippen molar-refractivity contribution in [3.8, 4) is 17.6 Å². The third-order valence-corrected chi connectivity index (χ3v) is 3.21. The Morgan fingerprint density at radius 2 is 2.00 bits per heavy atom. The van der Waals surface area contributed by atoms with Crippen LogP contribution in [0.3, 0.4) is 0 Å². The number of carbonyl (C=O) groups is 1. The van der Waals surface area contributed by atoms with Crippen LogP contribution in [0, 0.1) is 18.8 Å². The summed E-state index contributed by atoms with van der Waals surface area (Å²) in [4.78, 5) is 15.6. The number of esters is 1. The van der Waals surface area contributed by atoms with Gasteiger partial charge in [-0.25, -0.2) is 9.78 Å². The van der Waals surface area contributed by atoms with E-state index in [0.29, 0.717) is 11.3 Å². The van der Waals surface area contributed by atoms with Crippen LogP contribution in [-0.4, -0.2) is 30.3 Å². The Labute approximate surface area is 134 Å². The summed E-state index contributed by atoms with van der Waals surface area (Å²) < 4.78 is 9.81. The molecular weight excluding hydrogens is 294 g/mol. The lowest BCUT2D eigenvalue weighted by Gasteiger charge is -2.03. The Bertz CT molecular complexity index is 787. The first kappa shape index (κ1) is 16.5. The standard InChI is InChI=1S/C18H17NO4/c1-12-8-16(22-2)7-6-14(12)5-4-13-9-15(11-20)19-17(10-13)18(21)23-3/h6-10,20H,11H2,1-3H3. The Hall–Kier alpha value is -2.84. The van der Waals surface area contributed by atoms with Crippen molar-refractivity contribution in [2.45, 2.75) is 13.5 Å². The molecule has 1 aromatic carbocycles. The number of pyridine rings is 1. The molecule has 1 heterocycles. The van der Waals surface area contributed by atoms with Gasteiger partial charge < -0.3 is 14.6 Å². The number of aromatic nitrogens is 1. The summed E-state index contributed by atoms with van der Waals surface area (Å²) in [7, 11) is 2.89. The minimum Gasteiger partial charge on any atom is -0.497 e. The first-order valence-corrected chi connectivity index (χ1v) is 6.94. The number of ether oxygens (including phenoxy) is 2. The second kappa shape index (κ2) is 7.43. The Morgan fingerprint density at radius 3 is 2.61 bits per heavy atom. The molecule has 0 amide bonds. The minimum atomic E-state index is -0.566. The summed E-state index contributed by atoms with van der Waals surface area (Å²) in [6.45, 7) is 1.67. The average molecular weight is 311 g/mol. The number of rotatable bonds is 3. The van der Waals surface area contributed by atoms with E-state index in [9.17, 15) is 9.90 Å². The highest BCUT2D eigenvalue weighted by atomic mass is 16.5. The number of hydrogen-bond acceptors (Lipinski definition) is 5.